The largest absolute Gasteiger partial charge is 0.467 e. The first-order valence-corrected chi connectivity index (χ1v) is 10.0. The van der Waals surface area contributed by atoms with Gasteiger partial charge in [-0.25, -0.2) is 19.2 Å². The van der Waals surface area contributed by atoms with Gasteiger partial charge in [0.15, 0.2) is 0 Å². The molecule has 10 heteroatoms. The molecule has 0 aromatic heterocycles. The Kier molecular flexibility index (Phi) is 12.6. The molecule has 184 valence electrons. The van der Waals surface area contributed by atoms with Gasteiger partial charge in [-0.15, -0.1) is 0 Å². The average molecular weight is 475 g/mol. The van der Waals surface area contributed by atoms with Crippen LogP contribution >= 0.6 is 0 Å². The molecule has 2 aromatic rings. The number of carbonyl (C=O) groups is 4. The summed E-state index contributed by atoms with van der Waals surface area (Å²) in [6, 6.07) is 17.7. The van der Waals surface area contributed by atoms with Gasteiger partial charge in [-0.2, -0.15) is 0 Å². The maximum atomic E-state index is 11.5. The van der Waals surface area contributed by atoms with Crippen molar-refractivity contribution in [3.05, 3.63) is 77.5 Å². The van der Waals surface area contributed by atoms with Gasteiger partial charge in [-0.3, -0.25) is 5.32 Å². The SMILES string of the molecule is COC(=O)N/C(=C\c1ccccc1)C(=O)OC.COC(=O)NC(Cc1ccccc1)C(=O)OC.[HH]. The summed E-state index contributed by atoms with van der Waals surface area (Å²) < 4.78 is 18.0. The van der Waals surface area contributed by atoms with Crippen molar-refractivity contribution in [3.63, 3.8) is 0 Å². The highest BCUT2D eigenvalue weighted by Gasteiger charge is 2.22. The van der Waals surface area contributed by atoms with Gasteiger partial charge in [0.05, 0.1) is 28.4 Å². The summed E-state index contributed by atoms with van der Waals surface area (Å²) in [6.07, 6.45) is 0.486. The number of hydrogen-bond donors (Lipinski definition) is 2. The predicted molar refractivity (Wildman–Crippen MR) is 126 cm³/mol. The van der Waals surface area contributed by atoms with Crippen LogP contribution in [0, 0.1) is 0 Å². The smallest absolute Gasteiger partial charge is 0.411 e. The molecule has 0 saturated heterocycles. The molecule has 1 unspecified atom stereocenters. The first kappa shape index (κ1) is 27.7. The number of benzene rings is 2. The van der Waals surface area contributed by atoms with Gasteiger partial charge >= 0.3 is 24.1 Å². The van der Waals surface area contributed by atoms with Crippen LogP contribution in [-0.4, -0.2) is 58.6 Å². The van der Waals surface area contributed by atoms with E-state index in [2.05, 4.69) is 29.6 Å². The Labute approximate surface area is 199 Å². The first-order chi connectivity index (χ1) is 16.3. The van der Waals surface area contributed by atoms with Crippen LogP contribution in [-0.2, 0) is 35.0 Å². The Balaban J connectivity index is 0.000000642. The Morgan fingerprint density at radius 1 is 0.794 bits per heavy atom. The molecule has 0 aliphatic rings. The third kappa shape index (κ3) is 10.3. The number of hydrogen-bond acceptors (Lipinski definition) is 8. The molecular formula is C24H30N2O8. The van der Waals surface area contributed by atoms with Crippen molar-refractivity contribution < 1.29 is 39.6 Å². The van der Waals surface area contributed by atoms with E-state index >= 15 is 0 Å². The summed E-state index contributed by atoms with van der Waals surface area (Å²) in [7, 11) is 4.97. The number of alkyl carbamates (subject to hydrolysis) is 2. The van der Waals surface area contributed by atoms with Gasteiger partial charge in [-0.05, 0) is 17.2 Å². The Morgan fingerprint density at radius 3 is 1.85 bits per heavy atom. The molecule has 0 saturated carbocycles. The molecule has 0 aliphatic carbocycles. The molecule has 1 atom stereocenters. The van der Waals surface area contributed by atoms with Crippen LogP contribution in [0.15, 0.2) is 66.4 Å². The Morgan fingerprint density at radius 2 is 1.35 bits per heavy atom. The molecule has 2 rings (SSSR count). The van der Waals surface area contributed by atoms with E-state index in [1.165, 1.54) is 34.5 Å². The monoisotopic (exact) mass is 474 g/mol. The van der Waals surface area contributed by atoms with Crippen LogP contribution in [0.1, 0.15) is 12.6 Å². The predicted octanol–water partition coefficient (Wildman–Crippen LogP) is 2.93. The Bertz CT molecular complexity index is 968. The molecule has 34 heavy (non-hydrogen) atoms. The normalized spacial score (nSPS) is 11.0. The first-order valence-electron chi connectivity index (χ1n) is 10.0. The minimum absolute atomic E-state index is 0. The molecule has 2 aromatic carbocycles. The third-order valence-corrected chi connectivity index (χ3v) is 4.18. The zero-order valence-corrected chi connectivity index (χ0v) is 19.4. The van der Waals surface area contributed by atoms with Gasteiger partial charge in [0.25, 0.3) is 0 Å². The van der Waals surface area contributed by atoms with E-state index in [4.69, 9.17) is 0 Å². The fourth-order valence-corrected chi connectivity index (χ4v) is 2.52. The average Bonchev–Trinajstić information content (AvgIpc) is 2.88. The van der Waals surface area contributed by atoms with Crippen LogP contribution in [0.5, 0.6) is 0 Å². The lowest BCUT2D eigenvalue weighted by Crippen LogP contribution is -2.42. The molecule has 0 heterocycles. The van der Waals surface area contributed by atoms with Crippen molar-refractivity contribution >= 4 is 30.2 Å². The van der Waals surface area contributed by atoms with E-state index < -0.39 is 30.2 Å². The zero-order chi connectivity index (χ0) is 25.3. The standard InChI is InChI=1S/C12H15NO4.C12H13NO4.H2/c2*1-16-11(14)10(13-12(15)17-2)8-9-6-4-3-5-7-9;/h3-7,10H,8H2,1-2H3,(H,13,15);3-8H,1-2H3,(H,13,15);1H/b;10-8-;. The minimum Gasteiger partial charge on any atom is -0.467 e. The summed E-state index contributed by atoms with van der Waals surface area (Å²) in [4.78, 5) is 45.0. The lowest BCUT2D eigenvalue weighted by molar-refractivity contribution is -0.143. The van der Waals surface area contributed by atoms with Crippen molar-refractivity contribution in [3.8, 4) is 0 Å². The van der Waals surface area contributed by atoms with E-state index in [-0.39, 0.29) is 7.12 Å². The lowest BCUT2D eigenvalue weighted by atomic mass is 10.1. The van der Waals surface area contributed by atoms with Gasteiger partial charge < -0.3 is 24.3 Å². The number of methoxy groups -OCH3 is 4. The zero-order valence-electron chi connectivity index (χ0n) is 19.4. The number of carbonyl (C=O) groups excluding carboxylic acids is 4. The summed E-state index contributed by atoms with van der Waals surface area (Å²) in [6.45, 7) is 0. The highest BCUT2D eigenvalue weighted by Crippen LogP contribution is 2.06. The quantitative estimate of drug-likeness (QED) is 0.356. The molecule has 0 spiro atoms. The van der Waals surface area contributed by atoms with E-state index in [1.54, 1.807) is 12.1 Å². The second-order valence-electron chi connectivity index (χ2n) is 6.48. The van der Waals surface area contributed by atoms with Gasteiger partial charge in [0.1, 0.15) is 11.7 Å². The summed E-state index contributed by atoms with van der Waals surface area (Å²) in [5, 5.41) is 4.72. The van der Waals surface area contributed by atoms with E-state index in [0.29, 0.717) is 6.42 Å². The van der Waals surface area contributed by atoms with Gasteiger partial charge in [0.2, 0.25) is 0 Å². The second-order valence-corrected chi connectivity index (χ2v) is 6.48. The van der Waals surface area contributed by atoms with Gasteiger partial charge in [0, 0.05) is 7.85 Å². The van der Waals surface area contributed by atoms with E-state index in [1.807, 2.05) is 48.5 Å². The lowest BCUT2D eigenvalue weighted by Gasteiger charge is -2.15. The second kappa shape index (κ2) is 15.5. The highest BCUT2D eigenvalue weighted by atomic mass is 16.6. The Hall–Kier alpha value is -4.34. The maximum absolute atomic E-state index is 11.5. The molecule has 0 aliphatic heterocycles. The molecule has 0 bridgehead atoms. The topological polar surface area (TPSA) is 129 Å². The number of nitrogens with one attached hydrogen (secondary N) is 2. The molecular weight excluding hydrogens is 444 g/mol. The van der Waals surface area contributed by atoms with E-state index in [9.17, 15) is 19.2 Å². The highest BCUT2D eigenvalue weighted by molar-refractivity contribution is 5.96. The number of esters is 2. The summed E-state index contributed by atoms with van der Waals surface area (Å²) >= 11 is 0. The van der Waals surface area contributed by atoms with Crippen LogP contribution in [0.4, 0.5) is 9.59 Å². The van der Waals surface area contributed by atoms with E-state index in [0.717, 1.165) is 11.1 Å². The molecule has 0 fully saturated rings. The number of ether oxygens (including phenoxy) is 4. The minimum atomic E-state index is -0.741. The van der Waals surface area contributed by atoms with Crippen molar-refractivity contribution in [1.82, 2.24) is 10.6 Å². The van der Waals surface area contributed by atoms with Crippen molar-refractivity contribution in [1.29, 1.82) is 0 Å². The van der Waals surface area contributed by atoms with Crippen LogP contribution < -0.4 is 10.6 Å². The summed E-state index contributed by atoms with van der Waals surface area (Å²) in [5.41, 5.74) is 1.72. The van der Waals surface area contributed by atoms with Crippen molar-refractivity contribution in [2.45, 2.75) is 12.5 Å². The molecule has 2 amide bonds. The number of rotatable bonds is 7. The fraction of sp³-hybridized carbons (Fsp3) is 0.250. The van der Waals surface area contributed by atoms with Gasteiger partial charge in [-0.1, -0.05) is 60.7 Å². The third-order valence-electron chi connectivity index (χ3n) is 4.18. The fourth-order valence-electron chi connectivity index (χ4n) is 2.52. The number of amides is 2. The maximum Gasteiger partial charge on any atom is 0.411 e. The molecule has 10 nitrogen and oxygen atoms in total. The molecule has 2 N–H and O–H groups in total. The molecule has 0 radical (unpaired) electrons. The van der Waals surface area contributed by atoms with Crippen molar-refractivity contribution in [2.24, 2.45) is 0 Å². The van der Waals surface area contributed by atoms with Crippen LogP contribution in [0.25, 0.3) is 6.08 Å². The van der Waals surface area contributed by atoms with Crippen LogP contribution in [0.2, 0.25) is 0 Å². The van der Waals surface area contributed by atoms with Crippen LogP contribution in [0.3, 0.4) is 0 Å². The van der Waals surface area contributed by atoms with Crippen molar-refractivity contribution in [2.75, 3.05) is 28.4 Å². The summed E-state index contributed by atoms with van der Waals surface area (Å²) in [5.74, 6) is -1.14.